The van der Waals surface area contributed by atoms with Crippen LogP contribution in [-0.2, 0) is 0 Å². The topological polar surface area (TPSA) is 90.7 Å². The number of carbonyl (C=O) groups is 1. The average Bonchev–Trinajstić information content (AvgIpc) is 2.64. The zero-order valence-electron chi connectivity index (χ0n) is 14.1. The van der Waals surface area contributed by atoms with E-state index in [1.807, 2.05) is 0 Å². The van der Waals surface area contributed by atoms with Crippen LogP contribution in [0, 0.1) is 24.1 Å². The number of rotatable bonds is 4. The smallest absolute Gasteiger partial charge is 0.274 e. The van der Waals surface area contributed by atoms with Crippen molar-refractivity contribution in [1.29, 1.82) is 5.26 Å². The first-order valence-corrected chi connectivity index (χ1v) is 8.22. The van der Waals surface area contributed by atoms with Crippen molar-refractivity contribution in [2.24, 2.45) is 0 Å². The Kier molecular flexibility index (Phi) is 5.29. The molecule has 0 bridgehead atoms. The Hall–Kier alpha value is -3.50. The SMILES string of the molecule is Cc1cc(C(=O)Nc2ccc(F)c(Cl)c2)nc(Nc2ccccc2C#N)n1. The third-order valence-electron chi connectivity index (χ3n) is 3.56. The predicted octanol–water partition coefficient (Wildman–Crippen LogP) is 4.45. The highest BCUT2D eigenvalue weighted by Crippen LogP contribution is 2.21. The molecule has 134 valence electrons. The van der Waals surface area contributed by atoms with Gasteiger partial charge in [-0.05, 0) is 43.3 Å². The fourth-order valence-corrected chi connectivity index (χ4v) is 2.50. The van der Waals surface area contributed by atoms with Crippen LogP contribution in [0.5, 0.6) is 0 Å². The van der Waals surface area contributed by atoms with Crippen LogP contribution in [0.15, 0.2) is 48.5 Å². The van der Waals surface area contributed by atoms with E-state index in [2.05, 4.69) is 26.7 Å². The number of hydrogen-bond acceptors (Lipinski definition) is 5. The summed E-state index contributed by atoms with van der Waals surface area (Å²) >= 11 is 5.72. The number of anilines is 3. The van der Waals surface area contributed by atoms with Crippen LogP contribution in [0.4, 0.5) is 21.7 Å². The van der Waals surface area contributed by atoms with Crippen molar-refractivity contribution in [2.45, 2.75) is 6.92 Å². The summed E-state index contributed by atoms with van der Waals surface area (Å²) in [6.45, 7) is 1.72. The van der Waals surface area contributed by atoms with E-state index in [1.165, 1.54) is 18.2 Å². The Bertz CT molecular complexity index is 1060. The van der Waals surface area contributed by atoms with Crippen LogP contribution in [-0.4, -0.2) is 15.9 Å². The summed E-state index contributed by atoms with van der Waals surface area (Å²) in [6, 6.07) is 14.3. The van der Waals surface area contributed by atoms with Gasteiger partial charge in [-0.25, -0.2) is 14.4 Å². The maximum atomic E-state index is 13.2. The molecule has 1 heterocycles. The molecule has 3 aromatic rings. The van der Waals surface area contributed by atoms with Gasteiger partial charge in [-0.2, -0.15) is 5.26 Å². The molecule has 0 saturated heterocycles. The number of nitrogens with zero attached hydrogens (tertiary/aromatic N) is 3. The van der Waals surface area contributed by atoms with Crippen molar-refractivity contribution >= 4 is 34.8 Å². The van der Waals surface area contributed by atoms with Gasteiger partial charge < -0.3 is 10.6 Å². The zero-order chi connectivity index (χ0) is 19.4. The lowest BCUT2D eigenvalue weighted by molar-refractivity contribution is 0.102. The van der Waals surface area contributed by atoms with Gasteiger partial charge in [0.25, 0.3) is 5.91 Å². The highest BCUT2D eigenvalue weighted by atomic mass is 35.5. The Morgan fingerprint density at radius 1 is 1.19 bits per heavy atom. The molecule has 0 aliphatic rings. The normalized spacial score (nSPS) is 10.1. The second kappa shape index (κ2) is 7.81. The monoisotopic (exact) mass is 381 g/mol. The molecule has 27 heavy (non-hydrogen) atoms. The third-order valence-corrected chi connectivity index (χ3v) is 3.85. The summed E-state index contributed by atoms with van der Waals surface area (Å²) in [5.74, 6) is -0.894. The molecule has 0 radical (unpaired) electrons. The Balaban J connectivity index is 1.85. The van der Waals surface area contributed by atoms with E-state index in [1.54, 1.807) is 31.2 Å². The van der Waals surface area contributed by atoms with Crippen molar-refractivity contribution in [2.75, 3.05) is 10.6 Å². The number of nitrogens with one attached hydrogen (secondary N) is 2. The second-order valence-corrected chi connectivity index (χ2v) is 5.99. The number of benzene rings is 2. The molecule has 0 saturated carbocycles. The lowest BCUT2D eigenvalue weighted by Gasteiger charge is -2.10. The maximum absolute atomic E-state index is 13.2. The van der Waals surface area contributed by atoms with Gasteiger partial charge in [0.15, 0.2) is 0 Å². The summed E-state index contributed by atoms with van der Waals surface area (Å²) in [7, 11) is 0. The van der Waals surface area contributed by atoms with E-state index in [0.29, 0.717) is 22.6 Å². The number of nitriles is 1. The average molecular weight is 382 g/mol. The summed E-state index contributed by atoms with van der Waals surface area (Å²) in [5, 5.41) is 14.6. The van der Waals surface area contributed by atoms with Crippen LogP contribution >= 0.6 is 11.6 Å². The van der Waals surface area contributed by atoms with E-state index >= 15 is 0 Å². The van der Waals surface area contributed by atoms with Crippen molar-refractivity contribution in [3.63, 3.8) is 0 Å². The number of para-hydroxylation sites is 1. The van der Waals surface area contributed by atoms with Gasteiger partial charge >= 0.3 is 0 Å². The highest BCUT2D eigenvalue weighted by molar-refractivity contribution is 6.31. The van der Waals surface area contributed by atoms with E-state index in [-0.39, 0.29) is 16.7 Å². The molecule has 0 spiro atoms. The van der Waals surface area contributed by atoms with Crippen molar-refractivity contribution in [1.82, 2.24) is 9.97 Å². The van der Waals surface area contributed by atoms with Crippen molar-refractivity contribution in [3.8, 4) is 6.07 Å². The predicted molar refractivity (Wildman–Crippen MR) is 101 cm³/mol. The van der Waals surface area contributed by atoms with Crippen LogP contribution < -0.4 is 10.6 Å². The minimum Gasteiger partial charge on any atom is -0.323 e. The number of aryl methyl sites for hydroxylation is 1. The molecule has 0 aliphatic heterocycles. The van der Waals surface area contributed by atoms with Gasteiger partial charge in [0.1, 0.15) is 17.6 Å². The largest absolute Gasteiger partial charge is 0.323 e. The quantitative estimate of drug-likeness (QED) is 0.697. The summed E-state index contributed by atoms with van der Waals surface area (Å²) < 4.78 is 13.2. The number of carbonyl (C=O) groups excluding carboxylic acids is 1. The fourth-order valence-electron chi connectivity index (χ4n) is 2.32. The molecule has 1 aromatic heterocycles. The maximum Gasteiger partial charge on any atom is 0.274 e. The molecule has 3 rings (SSSR count). The molecule has 8 heteroatoms. The van der Waals surface area contributed by atoms with Gasteiger partial charge in [0.2, 0.25) is 5.95 Å². The van der Waals surface area contributed by atoms with Crippen molar-refractivity contribution in [3.05, 3.63) is 76.3 Å². The molecule has 2 N–H and O–H groups in total. The molecule has 0 atom stereocenters. The second-order valence-electron chi connectivity index (χ2n) is 5.58. The lowest BCUT2D eigenvalue weighted by Crippen LogP contribution is -2.15. The number of aromatic nitrogens is 2. The third kappa shape index (κ3) is 4.37. The summed E-state index contributed by atoms with van der Waals surface area (Å²) in [5.41, 5.74) is 1.97. The first kappa shape index (κ1) is 18.3. The van der Waals surface area contributed by atoms with Gasteiger partial charge in [0, 0.05) is 11.4 Å². The van der Waals surface area contributed by atoms with Crippen LogP contribution in [0.1, 0.15) is 21.7 Å². The van der Waals surface area contributed by atoms with Crippen LogP contribution in [0.3, 0.4) is 0 Å². The minimum absolute atomic E-state index is 0.0952. The molecular weight excluding hydrogens is 369 g/mol. The minimum atomic E-state index is -0.574. The number of amides is 1. The first-order chi connectivity index (χ1) is 13.0. The molecule has 6 nitrogen and oxygen atoms in total. The zero-order valence-corrected chi connectivity index (χ0v) is 14.9. The Morgan fingerprint density at radius 2 is 1.96 bits per heavy atom. The Morgan fingerprint density at radius 3 is 2.70 bits per heavy atom. The standard InChI is InChI=1S/C19H13ClFN5O/c1-11-8-17(18(27)24-13-6-7-15(21)14(20)9-13)26-19(23-11)25-16-5-3-2-4-12(16)10-22/h2-9H,1H3,(H,24,27)(H,23,25,26). The number of hydrogen-bond donors (Lipinski definition) is 2. The molecular formula is C19H13ClFN5O. The molecule has 0 unspecified atom stereocenters. The lowest BCUT2D eigenvalue weighted by atomic mass is 10.2. The van der Waals surface area contributed by atoms with E-state index in [0.717, 1.165) is 6.07 Å². The fraction of sp³-hybridized carbons (Fsp3) is 0.0526. The van der Waals surface area contributed by atoms with Crippen LogP contribution in [0.25, 0.3) is 0 Å². The Labute approximate surface area is 159 Å². The summed E-state index contributed by atoms with van der Waals surface area (Å²) in [4.78, 5) is 20.9. The molecule has 1 amide bonds. The summed E-state index contributed by atoms with van der Waals surface area (Å²) in [6.07, 6.45) is 0. The first-order valence-electron chi connectivity index (χ1n) is 7.84. The van der Waals surface area contributed by atoms with E-state index in [4.69, 9.17) is 16.9 Å². The van der Waals surface area contributed by atoms with Gasteiger partial charge in [-0.3, -0.25) is 4.79 Å². The molecule has 2 aromatic carbocycles. The van der Waals surface area contributed by atoms with Crippen LogP contribution in [0.2, 0.25) is 5.02 Å². The van der Waals surface area contributed by atoms with E-state index in [9.17, 15) is 9.18 Å². The van der Waals surface area contributed by atoms with Gasteiger partial charge in [0.05, 0.1) is 16.3 Å². The molecule has 0 fully saturated rings. The van der Waals surface area contributed by atoms with Gasteiger partial charge in [-0.15, -0.1) is 0 Å². The highest BCUT2D eigenvalue weighted by Gasteiger charge is 2.13. The van der Waals surface area contributed by atoms with E-state index < -0.39 is 11.7 Å². The number of halogens is 2. The molecule has 0 aliphatic carbocycles. The van der Waals surface area contributed by atoms with Gasteiger partial charge in [-0.1, -0.05) is 23.7 Å². The van der Waals surface area contributed by atoms with Crippen molar-refractivity contribution < 1.29 is 9.18 Å².